The molecule has 1 saturated heterocycles. The fraction of sp³-hybridized carbons (Fsp3) is 0.480. The summed E-state index contributed by atoms with van der Waals surface area (Å²) in [6.45, 7) is 7.43. The third-order valence-electron chi connectivity index (χ3n) is 5.47. The normalized spacial score (nSPS) is 14.9. The van der Waals surface area contributed by atoms with Crippen molar-refractivity contribution in [1.82, 2.24) is 15.5 Å². The first-order valence-corrected chi connectivity index (χ1v) is 11.3. The number of aliphatic imine (C=N–C) groups is 1. The van der Waals surface area contributed by atoms with E-state index in [1.54, 1.807) is 14.2 Å². The first-order valence-electron chi connectivity index (χ1n) is 11.3. The number of hydrogen-bond donors (Lipinski definition) is 2. The molecule has 0 aliphatic carbocycles. The Hall–Kier alpha value is -2.61. The van der Waals surface area contributed by atoms with Gasteiger partial charge in [0.15, 0.2) is 5.96 Å². The molecule has 0 radical (unpaired) electrons. The lowest BCUT2D eigenvalue weighted by Gasteiger charge is -2.27. The molecule has 0 bridgehead atoms. The minimum absolute atomic E-state index is 0.608. The molecule has 0 atom stereocenters. The number of guanidine groups is 1. The van der Waals surface area contributed by atoms with Gasteiger partial charge in [-0.1, -0.05) is 36.4 Å². The molecule has 32 heavy (non-hydrogen) atoms. The van der Waals surface area contributed by atoms with Gasteiger partial charge in [0.1, 0.15) is 5.75 Å². The first-order chi connectivity index (χ1) is 15.8. The summed E-state index contributed by atoms with van der Waals surface area (Å²) in [5, 5.41) is 6.80. The maximum Gasteiger partial charge on any atom is 0.191 e. The molecule has 1 heterocycles. The molecule has 7 nitrogen and oxygen atoms in total. The van der Waals surface area contributed by atoms with Crippen molar-refractivity contribution in [1.29, 1.82) is 0 Å². The number of nitrogens with zero attached hydrogens (tertiary/aromatic N) is 2. The van der Waals surface area contributed by atoms with Crippen LogP contribution in [0.25, 0.3) is 0 Å². The SMILES string of the molecule is CN=C(NCCCOCc1ccc(OC)cc1)NCc1ccccc1CN1CCOCC1. The number of nitrogens with one attached hydrogen (secondary N) is 2. The number of morpholine rings is 1. The number of hydrogen-bond acceptors (Lipinski definition) is 5. The van der Waals surface area contributed by atoms with Gasteiger partial charge in [-0.15, -0.1) is 0 Å². The van der Waals surface area contributed by atoms with E-state index in [-0.39, 0.29) is 0 Å². The van der Waals surface area contributed by atoms with Crippen molar-refractivity contribution in [3.05, 3.63) is 65.2 Å². The molecule has 0 unspecified atom stereocenters. The summed E-state index contributed by atoms with van der Waals surface area (Å²) >= 11 is 0. The van der Waals surface area contributed by atoms with Crippen molar-refractivity contribution in [3.63, 3.8) is 0 Å². The van der Waals surface area contributed by atoms with Crippen molar-refractivity contribution in [3.8, 4) is 5.75 Å². The van der Waals surface area contributed by atoms with Gasteiger partial charge in [0, 0.05) is 46.4 Å². The number of rotatable bonds is 11. The molecular formula is C25H36N4O3. The van der Waals surface area contributed by atoms with Crippen LogP contribution in [-0.4, -0.2) is 64.5 Å². The van der Waals surface area contributed by atoms with Crippen LogP contribution in [0.4, 0.5) is 0 Å². The van der Waals surface area contributed by atoms with E-state index < -0.39 is 0 Å². The van der Waals surface area contributed by atoms with Gasteiger partial charge in [0.25, 0.3) is 0 Å². The lowest BCUT2D eigenvalue weighted by atomic mass is 10.1. The van der Waals surface area contributed by atoms with Gasteiger partial charge in [-0.2, -0.15) is 0 Å². The third-order valence-corrected chi connectivity index (χ3v) is 5.47. The molecule has 0 aromatic heterocycles. The molecule has 1 aliphatic heterocycles. The molecule has 2 aromatic rings. The summed E-state index contributed by atoms with van der Waals surface area (Å²) in [5.41, 5.74) is 3.79. The second-order valence-corrected chi connectivity index (χ2v) is 7.76. The van der Waals surface area contributed by atoms with E-state index in [0.717, 1.165) is 69.6 Å². The van der Waals surface area contributed by atoms with E-state index >= 15 is 0 Å². The van der Waals surface area contributed by atoms with E-state index in [1.807, 2.05) is 24.3 Å². The van der Waals surface area contributed by atoms with Crippen LogP contribution in [0.1, 0.15) is 23.1 Å². The number of ether oxygens (including phenoxy) is 3. The smallest absolute Gasteiger partial charge is 0.191 e. The molecule has 0 spiro atoms. The fourth-order valence-electron chi connectivity index (χ4n) is 3.58. The Labute approximate surface area is 191 Å². The van der Waals surface area contributed by atoms with Crippen LogP contribution in [0.2, 0.25) is 0 Å². The van der Waals surface area contributed by atoms with Crippen LogP contribution in [0, 0.1) is 0 Å². The van der Waals surface area contributed by atoms with Gasteiger partial charge in [-0.25, -0.2) is 0 Å². The van der Waals surface area contributed by atoms with Crippen LogP contribution in [0.15, 0.2) is 53.5 Å². The molecule has 2 N–H and O–H groups in total. The highest BCUT2D eigenvalue weighted by molar-refractivity contribution is 5.79. The maximum absolute atomic E-state index is 5.77. The Morgan fingerprint density at radius 1 is 1.03 bits per heavy atom. The molecule has 3 rings (SSSR count). The van der Waals surface area contributed by atoms with Crippen LogP contribution in [0.3, 0.4) is 0 Å². The Morgan fingerprint density at radius 2 is 1.78 bits per heavy atom. The van der Waals surface area contributed by atoms with Crippen LogP contribution < -0.4 is 15.4 Å². The standard InChI is InChI=1S/C25H36N4O3/c1-26-25(27-12-5-15-32-20-21-8-10-24(30-2)11-9-21)28-18-22-6-3-4-7-23(22)19-29-13-16-31-17-14-29/h3-4,6-11H,5,12-20H2,1-2H3,(H2,26,27,28). The average Bonchev–Trinajstić information content (AvgIpc) is 2.85. The summed E-state index contributed by atoms with van der Waals surface area (Å²) in [5.74, 6) is 1.67. The topological polar surface area (TPSA) is 67.4 Å². The van der Waals surface area contributed by atoms with Gasteiger partial charge < -0.3 is 24.8 Å². The maximum atomic E-state index is 5.77. The zero-order valence-electron chi connectivity index (χ0n) is 19.3. The predicted octanol–water partition coefficient (Wildman–Crippen LogP) is 2.80. The lowest BCUT2D eigenvalue weighted by Crippen LogP contribution is -2.38. The van der Waals surface area contributed by atoms with E-state index in [9.17, 15) is 0 Å². The molecule has 0 saturated carbocycles. The third kappa shape index (κ3) is 8.15. The van der Waals surface area contributed by atoms with Gasteiger partial charge >= 0.3 is 0 Å². The zero-order valence-corrected chi connectivity index (χ0v) is 19.3. The zero-order chi connectivity index (χ0) is 22.4. The van der Waals surface area contributed by atoms with E-state index in [0.29, 0.717) is 13.2 Å². The monoisotopic (exact) mass is 440 g/mol. The minimum Gasteiger partial charge on any atom is -0.497 e. The van der Waals surface area contributed by atoms with Crippen molar-refractivity contribution in [2.45, 2.75) is 26.1 Å². The summed E-state index contributed by atoms with van der Waals surface area (Å²) in [6, 6.07) is 16.6. The van der Waals surface area contributed by atoms with Crippen LogP contribution in [-0.2, 0) is 29.2 Å². The van der Waals surface area contributed by atoms with Crippen molar-refractivity contribution >= 4 is 5.96 Å². The van der Waals surface area contributed by atoms with Gasteiger partial charge in [0.05, 0.1) is 26.9 Å². The van der Waals surface area contributed by atoms with E-state index in [4.69, 9.17) is 14.2 Å². The van der Waals surface area contributed by atoms with Crippen molar-refractivity contribution in [2.75, 3.05) is 53.6 Å². The molecular weight excluding hydrogens is 404 g/mol. The molecule has 0 amide bonds. The quantitative estimate of drug-likeness (QED) is 0.318. The number of methoxy groups -OCH3 is 1. The van der Waals surface area contributed by atoms with Crippen molar-refractivity contribution < 1.29 is 14.2 Å². The highest BCUT2D eigenvalue weighted by Gasteiger charge is 2.12. The molecule has 2 aromatic carbocycles. The highest BCUT2D eigenvalue weighted by Crippen LogP contribution is 2.13. The van der Waals surface area contributed by atoms with E-state index in [2.05, 4.69) is 44.8 Å². The number of benzene rings is 2. The van der Waals surface area contributed by atoms with E-state index in [1.165, 1.54) is 11.1 Å². The Balaban J connectivity index is 1.34. The summed E-state index contributed by atoms with van der Waals surface area (Å²) in [7, 11) is 3.47. The second-order valence-electron chi connectivity index (χ2n) is 7.76. The van der Waals surface area contributed by atoms with Gasteiger partial charge in [-0.05, 0) is 35.2 Å². The first kappa shape index (κ1) is 24.0. The molecule has 174 valence electrons. The average molecular weight is 441 g/mol. The molecule has 7 heteroatoms. The van der Waals surface area contributed by atoms with Crippen LogP contribution >= 0.6 is 0 Å². The Morgan fingerprint density at radius 3 is 2.50 bits per heavy atom. The van der Waals surface area contributed by atoms with Gasteiger partial charge in [0.2, 0.25) is 0 Å². The Bertz CT molecular complexity index is 820. The lowest BCUT2D eigenvalue weighted by molar-refractivity contribution is 0.0341. The van der Waals surface area contributed by atoms with Gasteiger partial charge in [-0.3, -0.25) is 9.89 Å². The molecule has 1 fully saturated rings. The van der Waals surface area contributed by atoms with Crippen LogP contribution in [0.5, 0.6) is 5.75 Å². The fourth-order valence-corrected chi connectivity index (χ4v) is 3.58. The Kier molecular flexibility index (Phi) is 10.3. The molecule has 1 aliphatic rings. The summed E-state index contributed by atoms with van der Waals surface area (Å²) in [6.07, 6.45) is 0.907. The van der Waals surface area contributed by atoms with Crippen molar-refractivity contribution in [2.24, 2.45) is 4.99 Å². The largest absolute Gasteiger partial charge is 0.497 e. The highest BCUT2D eigenvalue weighted by atomic mass is 16.5. The summed E-state index contributed by atoms with van der Waals surface area (Å²) in [4.78, 5) is 6.79. The minimum atomic E-state index is 0.608. The summed E-state index contributed by atoms with van der Waals surface area (Å²) < 4.78 is 16.4. The second kappa shape index (κ2) is 13.7. The predicted molar refractivity (Wildman–Crippen MR) is 128 cm³/mol.